The van der Waals surface area contributed by atoms with E-state index in [1.165, 1.54) is 24.3 Å². The Hall–Kier alpha value is -4.28. The summed E-state index contributed by atoms with van der Waals surface area (Å²) in [6.07, 6.45) is -4.52. The molecule has 3 aromatic rings. The van der Waals surface area contributed by atoms with Crippen LogP contribution in [0.2, 0.25) is 0 Å². The van der Waals surface area contributed by atoms with Gasteiger partial charge in [0, 0.05) is 6.07 Å². The molecule has 32 heavy (non-hydrogen) atoms. The van der Waals surface area contributed by atoms with Crippen LogP contribution in [0.25, 0.3) is 0 Å². The lowest BCUT2D eigenvalue weighted by molar-refractivity contribution is -0.142. The molecule has 0 saturated carbocycles. The Morgan fingerprint density at radius 3 is 2.56 bits per heavy atom. The van der Waals surface area contributed by atoms with Gasteiger partial charge < -0.3 is 9.47 Å². The summed E-state index contributed by atoms with van der Waals surface area (Å²) < 4.78 is 74.8. The van der Waals surface area contributed by atoms with Gasteiger partial charge in [-0.05, 0) is 12.1 Å². The van der Waals surface area contributed by atoms with Crippen molar-refractivity contribution in [2.24, 2.45) is 0 Å². The second-order valence-corrected chi connectivity index (χ2v) is 5.99. The average Bonchev–Trinajstić information content (AvgIpc) is 2.72. The minimum Gasteiger partial charge on any atom is -0.448 e. The fourth-order valence-electron chi connectivity index (χ4n) is 2.50. The van der Waals surface area contributed by atoms with Crippen LogP contribution in [0.15, 0.2) is 46.2 Å². The minimum absolute atomic E-state index is 0.133. The van der Waals surface area contributed by atoms with E-state index in [1.807, 2.05) is 5.10 Å². The van der Waals surface area contributed by atoms with Crippen molar-refractivity contribution in [1.29, 1.82) is 5.26 Å². The van der Waals surface area contributed by atoms with Gasteiger partial charge >= 0.3 is 18.3 Å². The van der Waals surface area contributed by atoms with E-state index in [1.54, 1.807) is 6.07 Å². The molecule has 2 aromatic heterocycles. The predicted molar refractivity (Wildman–Crippen MR) is 95.3 cm³/mol. The molecule has 0 unspecified atom stereocenters. The van der Waals surface area contributed by atoms with Crippen LogP contribution in [0.4, 0.5) is 22.0 Å². The number of ether oxygens (including phenoxy) is 2. The zero-order valence-electron chi connectivity index (χ0n) is 15.6. The Morgan fingerprint density at radius 2 is 1.91 bits per heavy atom. The molecule has 0 bridgehead atoms. The number of nitriles is 1. The van der Waals surface area contributed by atoms with Gasteiger partial charge in [-0.1, -0.05) is 12.1 Å². The minimum atomic E-state index is -5.07. The molecule has 0 spiro atoms. The third-order valence-corrected chi connectivity index (χ3v) is 3.86. The standard InChI is InChI=1S/C18H10F5N5O4/c19-17(20)32-12-5-10(26-27-15(12)29)7-28-8-25-14(18(21,22)23)13(16(28)30)31-11-4-2-1-3-9(11)6-24/h1-5,8,17H,7H2,(H,27,29). The number of rotatable bonds is 6. The van der Waals surface area contributed by atoms with E-state index < -0.39 is 47.6 Å². The second kappa shape index (κ2) is 8.84. The monoisotopic (exact) mass is 455 g/mol. The maximum atomic E-state index is 13.4. The number of halogens is 5. The number of H-pyrrole nitrogens is 1. The van der Waals surface area contributed by atoms with Crippen LogP contribution in [0.1, 0.15) is 17.0 Å². The average molecular weight is 455 g/mol. The van der Waals surface area contributed by atoms with E-state index in [0.717, 1.165) is 6.07 Å². The zero-order chi connectivity index (χ0) is 23.5. The molecule has 166 valence electrons. The second-order valence-electron chi connectivity index (χ2n) is 5.99. The third-order valence-electron chi connectivity index (χ3n) is 3.86. The molecule has 9 nitrogen and oxygen atoms in total. The number of hydrogen-bond acceptors (Lipinski definition) is 7. The molecule has 3 rings (SSSR count). The van der Waals surface area contributed by atoms with Gasteiger partial charge in [-0.25, -0.2) is 10.1 Å². The topological polar surface area (TPSA) is 123 Å². The summed E-state index contributed by atoms with van der Waals surface area (Å²) in [6.45, 7) is -3.89. The summed E-state index contributed by atoms with van der Waals surface area (Å²) in [5, 5.41) is 14.5. The van der Waals surface area contributed by atoms with E-state index >= 15 is 0 Å². The Labute approximate surface area is 174 Å². The molecular weight excluding hydrogens is 445 g/mol. The van der Waals surface area contributed by atoms with Gasteiger partial charge in [0.15, 0.2) is 11.4 Å². The molecular formula is C18H10F5N5O4. The van der Waals surface area contributed by atoms with E-state index in [4.69, 9.17) is 10.00 Å². The Kier molecular flexibility index (Phi) is 6.19. The van der Waals surface area contributed by atoms with Crippen LogP contribution in [0.3, 0.4) is 0 Å². The molecule has 14 heteroatoms. The normalized spacial score (nSPS) is 11.3. The van der Waals surface area contributed by atoms with Crippen molar-refractivity contribution in [3.8, 4) is 23.3 Å². The Morgan fingerprint density at radius 1 is 1.19 bits per heavy atom. The van der Waals surface area contributed by atoms with E-state index in [-0.39, 0.29) is 17.0 Å². The van der Waals surface area contributed by atoms with Gasteiger partial charge in [0.25, 0.3) is 5.56 Å². The fraction of sp³-hybridized carbons (Fsp3) is 0.167. The van der Waals surface area contributed by atoms with E-state index in [0.29, 0.717) is 10.9 Å². The maximum Gasteiger partial charge on any atom is 0.437 e. The largest absolute Gasteiger partial charge is 0.448 e. The number of alkyl halides is 5. The summed E-state index contributed by atoms with van der Waals surface area (Å²) >= 11 is 0. The number of aromatic nitrogens is 4. The van der Waals surface area contributed by atoms with Crippen LogP contribution in [-0.2, 0) is 12.7 Å². The van der Waals surface area contributed by atoms with Gasteiger partial charge in [-0.3, -0.25) is 14.2 Å². The summed E-state index contributed by atoms with van der Waals surface area (Å²) in [6, 6.07) is 7.80. The van der Waals surface area contributed by atoms with Crippen LogP contribution >= 0.6 is 0 Å². The highest BCUT2D eigenvalue weighted by atomic mass is 19.4. The first-order valence-electron chi connectivity index (χ1n) is 8.47. The molecule has 1 aromatic carbocycles. The van der Waals surface area contributed by atoms with Crippen LogP contribution in [0, 0.1) is 11.3 Å². The molecule has 0 atom stereocenters. The molecule has 2 heterocycles. The highest BCUT2D eigenvalue weighted by Gasteiger charge is 2.39. The van der Waals surface area contributed by atoms with Gasteiger partial charge in [0.2, 0.25) is 5.75 Å². The summed E-state index contributed by atoms with van der Waals surface area (Å²) in [4.78, 5) is 27.4. The fourth-order valence-corrected chi connectivity index (χ4v) is 2.50. The molecule has 0 aliphatic heterocycles. The van der Waals surface area contributed by atoms with Crippen molar-refractivity contribution in [3.05, 3.63) is 74.3 Å². The lowest BCUT2D eigenvalue weighted by Crippen LogP contribution is -2.27. The summed E-state index contributed by atoms with van der Waals surface area (Å²) in [5.74, 6) is -2.33. The Balaban J connectivity index is 2.06. The van der Waals surface area contributed by atoms with Crippen molar-refractivity contribution < 1.29 is 31.4 Å². The van der Waals surface area contributed by atoms with Gasteiger partial charge in [0.05, 0.1) is 24.1 Å². The van der Waals surface area contributed by atoms with Gasteiger partial charge in [-0.2, -0.15) is 32.3 Å². The molecule has 0 radical (unpaired) electrons. The van der Waals surface area contributed by atoms with Crippen LogP contribution in [-0.4, -0.2) is 26.4 Å². The molecule has 0 aliphatic carbocycles. The number of nitrogens with one attached hydrogen (secondary N) is 1. The first-order valence-corrected chi connectivity index (χ1v) is 8.47. The SMILES string of the molecule is N#Cc1ccccc1Oc1c(C(F)(F)F)ncn(Cc2cc(OC(F)F)c(=O)[nH]n2)c1=O. The van der Waals surface area contributed by atoms with Crippen molar-refractivity contribution in [2.75, 3.05) is 0 Å². The molecule has 0 amide bonds. The first kappa shape index (κ1) is 22.4. The highest BCUT2D eigenvalue weighted by molar-refractivity contribution is 5.45. The van der Waals surface area contributed by atoms with Gasteiger partial charge in [0.1, 0.15) is 11.8 Å². The molecule has 0 fully saturated rings. The molecule has 1 N–H and O–H groups in total. The number of aromatic amines is 1. The Bertz CT molecular complexity index is 1300. The smallest absolute Gasteiger partial charge is 0.437 e. The summed E-state index contributed by atoms with van der Waals surface area (Å²) in [7, 11) is 0. The van der Waals surface area contributed by atoms with Gasteiger partial charge in [-0.15, -0.1) is 0 Å². The third kappa shape index (κ3) is 4.89. The maximum absolute atomic E-state index is 13.4. The lowest BCUT2D eigenvalue weighted by atomic mass is 10.2. The van der Waals surface area contributed by atoms with Crippen molar-refractivity contribution in [1.82, 2.24) is 19.7 Å². The van der Waals surface area contributed by atoms with Crippen molar-refractivity contribution >= 4 is 0 Å². The van der Waals surface area contributed by atoms with Crippen LogP contribution in [0.5, 0.6) is 17.2 Å². The number of benzene rings is 1. The predicted octanol–water partition coefficient (Wildman–Crippen LogP) is 2.66. The number of nitrogens with zero attached hydrogens (tertiary/aromatic N) is 4. The van der Waals surface area contributed by atoms with Crippen LogP contribution < -0.4 is 20.6 Å². The lowest BCUT2D eigenvalue weighted by Gasteiger charge is -2.15. The zero-order valence-corrected chi connectivity index (χ0v) is 15.6. The van der Waals surface area contributed by atoms with Crippen molar-refractivity contribution in [3.63, 3.8) is 0 Å². The quantitative estimate of drug-likeness (QED) is 0.567. The summed E-state index contributed by atoms with van der Waals surface area (Å²) in [5.41, 5.74) is -4.35. The van der Waals surface area contributed by atoms with Crippen molar-refractivity contribution in [2.45, 2.75) is 19.3 Å². The van der Waals surface area contributed by atoms with E-state index in [2.05, 4.69) is 14.8 Å². The highest BCUT2D eigenvalue weighted by Crippen LogP contribution is 2.35. The van der Waals surface area contributed by atoms with E-state index in [9.17, 15) is 31.5 Å². The molecule has 0 saturated heterocycles. The molecule has 0 aliphatic rings. The number of hydrogen-bond donors (Lipinski definition) is 1. The number of para-hydroxylation sites is 1. The first-order chi connectivity index (χ1) is 15.1.